The zero-order valence-corrected chi connectivity index (χ0v) is 14.6. The first-order valence-corrected chi connectivity index (χ1v) is 9.28. The largest absolute Gasteiger partial charge is 0.477 e. The normalized spacial score (nSPS) is 27.0. The van der Waals surface area contributed by atoms with Crippen LogP contribution in [-0.2, 0) is 14.4 Å². The number of allylic oxidation sites excluding steroid dienone is 1. The molecule has 2 atom stereocenters. The quantitative estimate of drug-likeness (QED) is 0.605. The van der Waals surface area contributed by atoms with Crippen LogP contribution in [0, 0.1) is 0 Å². The van der Waals surface area contributed by atoms with Crippen molar-refractivity contribution in [2.75, 3.05) is 17.2 Å². The first kappa shape index (κ1) is 16.9. The molecular weight excluding hydrogens is 354 g/mol. The van der Waals surface area contributed by atoms with Crippen molar-refractivity contribution in [3.05, 3.63) is 53.3 Å². The molecule has 0 aliphatic carbocycles. The van der Waals surface area contributed by atoms with Crippen molar-refractivity contribution in [2.45, 2.75) is 17.8 Å². The van der Waals surface area contributed by atoms with Gasteiger partial charge in [-0.3, -0.25) is 14.5 Å². The number of nitrogens with two attached hydrogens (primary N) is 1. The van der Waals surface area contributed by atoms with Gasteiger partial charge in [-0.25, -0.2) is 4.79 Å². The molecule has 8 heteroatoms. The summed E-state index contributed by atoms with van der Waals surface area (Å²) in [5, 5.41) is 9.24. The summed E-state index contributed by atoms with van der Waals surface area (Å²) in [5.74, 6) is -1.29. The molecule has 1 aromatic carbocycles. The van der Waals surface area contributed by atoms with E-state index in [1.165, 1.54) is 16.7 Å². The van der Waals surface area contributed by atoms with Crippen LogP contribution < -0.4 is 10.6 Å². The van der Waals surface area contributed by atoms with Gasteiger partial charge >= 0.3 is 5.97 Å². The number of β-lactam (4-membered cyclic amide) rings is 1. The second-order valence-electron chi connectivity index (χ2n) is 6.33. The molecule has 3 heterocycles. The molecule has 3 aliphatic rings. The van der Waals surface area contributed by atoms with E-state index in [-0.39, 0.29) is 22.9 Å². The topological polar surface area (TPSA) is 104 Å². The number of hydrogen-bond acceptors (Lipinski definition) is 5. The van der Waals surface area contributed by atoms with Crippen molar-refractivity contribution in [1.29, 1.82) is 0 Å². The van der Waals surface area contributed by atoms with Crippen molar-refractivity contribution in [2.24, 2.45) is 5.73 Å². The number of rotatable bonds is 3. The van der Waals surface area contributed by atoms with E-state index in [1.807, 2.05) is 30.3 Å². The van der Waals surface area contributed by atoms with Crippen molar-refractivity contribution < 1.29 is 19.5 Å². The van der Waals surface area contributed by atoms with Gasteiger partial charge in [0.05, 0.1) is 0 Å². The van der Waals surface area contributed by atoms with Crippen molar-refractivity contribution in [3.63, 3.8) is 0 Å². The van der Waals surface area contributed by atoms with Crippen molar-refractivity contribution >= 4 is 35.2 Å². The predicted molar refractivity (Wildman–Crippen MR) is 97.2 cm³/mol. The zero-order valence-electron chi connectivity index (χ0n) is 13.8. The summed E-state index contributed by atoms with van der Waals surface area (Å²) >= 11 is 1.43. The fraction of sp³-hybridized carbons (Fsp3) is 0.278. The van der Waals surface area contributed by atoms with Crippen LogP contribution in [-0.4, -0.2) is 51.5 Å². The fourth-order valence-corrected chi connectivity index (χ4v) is 4.72. The van der Waals surface area contributed by atoms with Gasteiger partial charge in [0.1, 0.15) is 17.1 Å². The molecule has 2 amide bonds. The number of thioether (sulfide) groups is 1. The molecule has 134 valence electrons. The summed E-state index contributed by atoms with van der Waals surface area (Å²) in [6, 6.07) is 8.69. The van der Waals surface area contributed by atoms with Crippen LogP contribution in [0.4, 0.5) is 5.69 Å². The molecule has 3 aliphatic heterocycles. The maximum Gasteiger partial charge on any atom is 0.352 e. The van der Waals surface area contributed by atoms with Gasteiger partial charge in [-0.1, -0.05) is 18.2 Å². The van der Waals surface area contributed by atoms with E-state index in [1.54, 1.807) is 11.0 Å². The Morgan fingerprint density at radius 3 is 2.69 bits per heavy atom. The molecule has 0 bridgehead atoms. The molecule has 3 N–H and O–H groups in total. The molecule has 0 spiro atoms. The average Bonchev–Trinajstić information content (AvgIpc) is 3.01. The Morgan fingerprint density at radius 2 is 2.00 bits per heavy atom. The fourth-order valence-electron chi connectivity index (χ4n) is 3.46. The third-order valence-electron chi connectivity index (χ3n) is 4.78. The summed E-state index contributed by atoms with van der Waals surface area (Å²) in [6.07, 6.45) is 2.17. The number of anilines is 1. The minimum atomic E-state index is -1.17. The van der Waals surface area contributed by atoms with E-state index in [9.17, 15) is 19.5 Å². The highest BCUT2D eigenvalue weighted by Crippen LogP contribution is 2.40. The van der Waals surface area contributed by atoms with E-state index in [4.69, 9.17) is 5.73 Å². The third kappa shape index (κ3) is 2.53. The molecular formula is C18H17N3O4S. The van der Waals surface area contributed by atoms with Gasteiger partial charge in [0, 0.05) is 23.6 Å². The summed E-state index contributed by atoms with van der Waals surface area (Å²) in [6.45, 7) is 0.549. The highest BCUT2D eigenvalue weighted by Gasteiger charge is 2.51. The number of carbonyl (C=O) groups is 3. The van der Waals surface area contributed by atoms with Gasteiger partial charge in [-0.2, -0.15) is 0 Å². The van der Waals surface area contributed by atoms with E-state index >= 15 is 0 Å². The SMILES string of the molecule is N[C@@H]1C(=O)N2C(C(=O)O)=C(/C=C3\CCN(c4ccccc4)C3=O)CS[C@H]12. The van der Waals surface area contributed by atoms with E-state index in [2.05, 4.69) is 0 Å². The lowest BCUT2D eigenvalue weighted by Gasteiger charge is -2.47. The monoisotopic (exact) mass is 371 g/mol. The maximum absolute atomic E-state index is 12.7. The number of para-hydroxylation sites is 1. The number of fused-ring (bicyclic) bond motifs is 1. The first-order valence-electron chi connectivity index (χ1n) is 8.23. The van der Waals surface area contributed by atoms with Crippen molar-refractivity contribution in [1.82, 2.24) is 4.90 Å². The van der Waals surface area contributed by atoms with Gasteiger partial charge in [0.25, 0.3) is 5.91 Å². The molecule has 1 aromatic rings. The Bertz CT molecular complexity index is 864. The second kappa shape index (κ2) is 6.30. The Balaban J connectivity index is 1.66. The molecule has 0 unspecified atom stereocenters. The van der Waals surface area contributed by atoms with Crippen LogP contribution in [0.2, 0.25) is 0 Å². The summed E-state index contributed by atoms with van der Waals surface area (Å²) in [4.78, 5) is 39.3. The van der Waals surface area contributed by atoms with Crippen LogP contribution in [0.1, 0.15) is 6.42 Å². The molecule has 26 heavy (non-hydrogen) atoms. The highest BCUT2D eigenvalue weighted by molar-refractivity contribution is 8.00. The van der Waals surface area contributed by atoms with Gasteiger partial charge in [0.15, 0.2) is 0 Å². The molecule has 0 aromatic heterocycles. The van der Waals surface area contributed by atoms with Gasteiger partial charge < -0.3 is 15.7 Å². The van der Waals surface area contributed by atoms with Crippen LogP contribution in [0.25, 0.3) is 0 Å². The third-order valence-corrected chi connectivity index (χ3v) is 6.11. The number of carboxylic acids is 1. The first-order chi connectivity index (χ1) is 12.5. The Labute approximate surface area is 154 Å². The summed E-state index contributed by atoms with van der Waals surface area (Å²) < 4.78 is 0. The molecule has 2 fully saturated rings. The Kier molecular flexibility index (Phi) is 4.08. The Morgan fingerprint density at radius 1 is 1.27 bits per heavy atom. The smallest absolute Gasteiger partial charge is 0.352 e. The van der Waals surface area contributed by atoms with E-state index in [0.717, 1.165) is 5.69 Å². The number of benzene rings is 1. The minimum absolute atomic E-state index is 0.0566. The Hall–Kier alpha value is -2.58. The van der Waals surface area contributed by atoms with Gasteiger partial charge in [0.2, 0.25) is 5.91 Å². The standard InChI is InChI=1S/C18H17N3O4S/c19-13-16(23)21-14(18(24)25)11(9-26-17(13)21)8-10-6-7-20(15(10)22)12-4-2-1-3-5-12/h1-5,8,13,17H,6-7,9,19H2,(H,24,25)/b10-8+/t13-,17-/m1/s1. The lowest BCUT2D eigenvalue weighted by molar-refractivity contribution is -0.147. The zero-order chi connectivity index (χ0) is 18.4. The van der Waals surface area contributed by atoms with E-state index < -0.39 is 12.0 Å². The highest BCUT2D eigenvalue weighted by atomic mass is 32.2. The van der Waals surface area contributed by atoms with Crippen LogP contribution in [0.3, 0.4) is 0 Å². The van der Waals surface area contributed by atoms with Gasteiger partial charge in [-0.15, -0.1) is 11.8 Å². The van der Waals surface area contributed by atoms with E-state index in [0.29, 0.717) is 29.9 Å². The molecule has 4 rings (SSSR count). The second-order valence-corrected chi connectivity index (χ2v) is 7.43. The maximum atomic E-state index is 12.7. The number of aliphatic carboxylic acids is 1. The number of hydrogen-bond donors (Lipinski definition) is 2. The molecule has 7 nitrogen and oxygen atoms in total. The molecule has 0 radical (unpaired) electrons. The van der Waals surface area contributed by atoms with Gasteiger partial charge in [-0.05, 0) is 30.2 Å². The summed E-state index contributed by atoms with van der Waals surface area (Å²) in [5.41, 5.74) is 7.55. The number of carbonyl (C=O) groups excluding carboxylic acids is 2. The number of nitrogens with zero attached hydrogens (tertiary/aromatic N) is 2. The van der Waals surface area contributed by atoms with Crippen LogP contribution in [0.15, 0.2) is 53.3 Å². The number of amides is 2. The lowest BCUT2D eigenvalue weighted by atomic mass is 10.0. The minimum Gasteiger partial charge on any atom is -0.477 e. The number of carboxylic acid groups (broad SMARTS) is 1. The average molecular weight is 371 g/mol. The summed E-state index contributed by atoms with van der Waals surface area (Å²) in [7, 11) is 0. The molecule has 0 saturated carbocycles. The van der Waals surface area contributed by atoms with Crippen molar-refractivity contribution in [3.8, 4) is 0 Å². The predicted octanol–water partition coefficient (Wildman–Crippen LogP) is 0.931. The molecule has 2 saturated heterocycles. The van der Waals surface area contributed by atoms with Crippen LogP contribution in [0.5, 0.6) is 0 Å². The lowest BCUT2D eigenvalue weighted by Crippen LogP contribution is -2.68. The van der Waals surface area contributed by atoms with Crippen LogP contribution >= 0.6 is 11.8 Å².